The highest BCUT2D eigenvalue weighted by Crippen LogP contribution is 2.27. The monoisotopic (exact) mass is 336 g/mol. The quantitative estimate of drug-likeness (QED) is 0.679. The standard InChI is InChI=1S/C19H20N4O2/c1-12-17(23-10-9-13(18(24)25)11-16(23)20-12)22-21-15-7-5-14(6-8-15)19(2,3)4/h5-11H,1-4H3,(H,24,25). The van der Waals surface area contributed by atoms with Crippen LogP contribution in [0.1, 0.15) is 42.4 Å². The molecule has 0 saturated heterocycles. The molecule has 0 aliphatic heterocycles. The number of carbonyl (C=O) groups is 1. The lowest BCUT2D eigenvalue weighted by atomic mass is 9.87. The van der Waals surface area contributed by atoms with E-state index in [1.807, 2.05) is 19.1 Å². The van der Waals surface area contributed by atoms with Crippen molar-refractivity contribution in [2.75, 3.05) is 0 Å². The van der Waals surface area contributed by atoms with Crippen LogP contribution in [0.15, 0.2) is 52.8 Å². The van der Waals surface area contributed by atoms with Crippen LogP contribution < -0.4 is 0 Å². The molecular formula is C19H20N4O2. The SMILES string of the molecule is Cc1nc2cc(C(=O)O)ccn2c1N=Nc1ccc(C(C)(C)C)cc1. The first kappa shape index (κ1) is 16.8. The number of azo groups is 1. The van der Waals surface area contributed by atoms with Crippen molar-refractivity contribution in [3.63, 3.8) is 0 Å². The summed E-state index contributed by atoms with van der Waals surface area (Å²) in [6.07, 6.45) is 1.65. The highest BCUT2D eigenvalue weighted by Gasteiger charge is 2.13. The predicted molar refractivity (Wildman–Crippen MR) is 96.2 cm³/mol. The number of hydrogen-bond donors (Lipinski definition) is 1. The molecule has 0 amide bonds. The Bertz CT molecular complexity index is 963. The van der Waals surface area contributed by atoms with Gasteiger partial charge in [0.1, 0.15) is 5.65 Å². The van der Waals surface area contributed by atoms with Crippen LogP contribution in [0.2, 0.25) is 0 Å². The van der Waals surface area contributed by atoms with Gasteiger partial charge in [-0.1, -0.05) is 32.9 Å². The fourth-order valence-electron chi connectivity index (χ4n) is 2.54. The summed E-state index contributed by atoms with van der Waals surface area (Å²) in [5.74, 6) is -0.392. The van der Waals surface area contributed by atoms with Crippen LogP contribution in [0.4, 0.5) is 11.5 Å². The average Bonchev–Trinajstić information content (AvgIpc) is 2.86. The fraction of sp³-hybridized carbons (Fsp3) is 0.263. The second-order valence-electron chi connectivity index (χ2n) is 6.97. The normalized spacial score (nSPS) is 12.2. The molecule has 0 fully saturated rings. The first-order valence-corrected chi connectivity index (χ1v) is 8.00. The van der Waals surface area contributed by atoms with Crippen LogP contribution in [-0.4, -0.2) is 20.5 Å². The third-order valence-electron chi connectivity index (χ3n) is 4.01. The van der Waals surface area contributed by atoms with Gasteiger partial charge in [0.05, 0.1) is 16.9 Å². The van der Waals surface area contributed by atoms with Gasteiger partial charge in [0.25, 0.3) is 0 Å². The smallest absolute Gasteiger partial charge is 0.335 e. The zero-order valence-electron chi connectivity index (χ0n) is 14.7. The minimum atomic E-state index is -0.981. The van der Waals surface area contributed by atoms with Gasteiger partial charge in [-0.05, 0) is 42.2 Å². The van der Waals surface area contributed by atoms with Crippen LogP contribution >= 0.6 is 0 Å². The third-order valence-corrected chi connectivity index (χ3v) is 4.01. The molecule has 0 spiro atoms. The fourth-order valence-corrected chi connectivity index (χ4v) is 2.54. The van der Waals surface area contributed by atoms with Crippen LogP contribution in [0.25, 0.3) is 5.65 Å². The first-order valence-electron chi connectivity index (χ1n) is 8.00. The van der Waals surface area contributed by atoms with E-state index in [4.69, 9.17) is 5.11 Å². The minimum Gasteiger partial charge on any atom is -0.478 e. The van der Waals surface area contributed by atoms with Crippen molar-refractivity contribution in [1.82, 2.24) is 9.38 Å². The number of aromatic nitrogens is 2. The van der Waals surface area contributed by atoms with Gasteiger partial charge in [-0.15, -0.1) is 10.2 Å². The van der Waals surface area contributed by atoms with Gasteiger partial charge >= 0.3 is 5.97 Å². The van der Waals surface area contributed by atoms with E-state index in [0.29, 0.717) is 17.2 Å². The van der Waals surface area contributed by atoms with E-state index < -0.39 is 5.97 Å². The lowest BCUT2D eigenvalue weighted by Gasteiger charge is -2.18. The Morgan fingerprint density at radius 1 is 1.12 bits per heavy atom. The average molecular weight is 336 g/mol. The van der Waals surface area contributed by atoms with Crippen molar-refractivity contribution in [3.05, 3.63) is 59.4 Å². The van der Waals surface area contributed by atoms with Gasteiger partial charge in [-0.25, -0.2) is 9.78 Å². The van der Waals surface area contributed by atoms with E-state index in [1.165, 1.54) is 17.7 Å². The van der Waals surface area contributed by atoms with Gasteiger partial charge in [0, 0.05) is 6.20 Å². The van der Waals surface area contributed by atoms with Crippen LogP contribution in [0.3, 0.4) is 0 Å². The summed E-state index contributed by atoms with van der Waals surface area (Å²) in [7, 11) is 0. The number of aryl methyl sites for hydroxylation is 1. The molecule has 0 atom stereocenters. The first-order chi connectivity index (χ1) is 11.8. The number of fused-ring (bicyclic) bond motifs is 1. The second kappa shape index (κ2) is 6.12. The van der Waals surface area contributed by atoms with E-state index in [-0.39, 0.29) is 11.0 Å². The molecule has 0 saturated carbocycles. The summed E-state index contributed by atoms with van der Waals surface area (Å²) >= 11 is 0. The number of rotatable bonds is 3. The van der Waals surface area contributed by atoms with Crippen molar-refractivity contribution in [1.29, 1.82) is 0 Å². The summed E-state index contributed by atoms with van der Waals surface area (Å²) in [5, 5.41) is 17.7. The molecule has 0 bridgehead atoms. The molecule has 3 rings (SSSR count). The Morgan fingerprint density at radius 3 is 2.40 bits per heavy atom. The van der Waals surface area contributed by atoms with E-state index in [0.717, 1.165) is 5.69 Å². The van der Waals surface area contributed by atoms with Gasteiger partial charge < -0.3 is 5.11 Å². The summed E-state index contributed by atoms with van der Waals surface area (Å²) in [4.78, 5) is 15.4. The highest BCUT2D eigenvalue weighted by molar-refractivity contribution is 5.88. The molecule has 1 aromatic carbocycles. The van der Waals surface area contributed by atoms with Crippen LogP contribution in [0.5, 0.6) is 0 Å². The number of carboxylic acid groups (broad SMARTS) is 1. The predicted octanol–water partition coefficient (Wildman–Crippen LogP) is 5.05. The number of nitrogens with zero attached hydrogens (tertiary/aromatic N) is 4. The molecule has 0 unspecified atom stereocenters. The van der Waals surface area contributed by atoms with Gasteiger partial charge in [-0.2, -0.15) is 0 Å². The molecule has 6 heteroatoms. The zero-order valence-corrected chi connectivity index (χ0v) is 14.7. The summed E-state index contributed by atoms with van der Waals surface area (Å²) in [6.45, 7) is 8.31. The molecule has 1 N–H and O–H groups in total. The Morgan fingerprint density at radius 2 is 1.80 bits per heavy atom. The number of aromatic carboxylic acids is 1. The number of pyridine rings is 1. The Labute approximate surface area is 145 Å². The molecule has 25 heavy (non-hydrogen) atoms. The summed E-state index contributed by atoms with van der Waals surface area (Å²) < 4.78 is 1.73. The molecule has 2 aromatic heterocycles. The summed E-state index contributed by atoms with van der Waals surface area (Å²) in [6, 6.07) is 11.0. The molecule has 0 radical (unpaired) electrons. The Kier molecular flexibility index (Phi) is 4.12. The largest absolute Gasteiger partial charge is 0.478 e. The van der Waals surface area contributed by atoms with Crippen molar-refractivity contribution < 1.29 is 9.90 Å². The minimum absolute atomic E-state index is 0.0930. The van der Waals surface area contributed by atoms with E-state index in [1.54, 1.807) is 10.6 Å². The number of hydrogen-bond acceptors (Lipinski definition) is 4. The van der Waals surface area contributed by atoms with Crippen molar-refractivity contribution in [3.8, 4) is 0 Å². The van der Waals surface area contributed by atoms with Crippen LogP contribution in [-0.2, 0) is 5.41 Å². The topological polar surface area (TPSA) is 79.3 Å². The highest BCUT2D eigenvalue weighted by atomic mass is 16.4. The molecule has 2 heterocycles. The third kappa shape index (κ3) is 3.42. The maximum absolute atomic E-state index is 11.1. The number of carboxylic acids is 1. The van der Waals surface area contributed by atoms with Crippen molar-refractivity contribution >= 4 is 23.1 Å². The van der Waals surface area contributed by atoms with E-state index >= 15 is 0 Å². The molecule has 0 aliphatic rings. The van der Waals surface area contributed by atoms with E-state index in [2.05, 4.69) is 48.1 Å². The number of imidazole rings is 1. The van der Waals surface area contributed by atoms with E-state index in [9.17, 15) is 4.79 Å². The lowest BCUT2D eigenvalue weighted by Crippen LogP contribution is -2.10. The maximum Gasteiger partial charge on any atom is 0.335 e. The zero-order chi connectivity index (χ0) is 18.2. The van der Waals surface area contributed by atoms with Gasteiger partial charge in [-0.3, -0.25) is 4.40 Å². The van der Waals surface area contributed by atoms with Crippen molar-refractivity contribution in [2.24, 2.45) is 10.2 Å². The van der Waals surface area contributed by atoms with Gasteiger partial charge in [0.2, 0.25) is 0 Å². The van der Waals surface area contributed by atoms with Crippen LogP contribution in [0, 0.1) is 6.92 Å². The second-order valence-corrected chi connectivity index (χ2v) is 6.97. The molecule has 6 nitrogen and oxygen atoms in total. The molecule has 3 aromatic rings. The molecule has 128 valence electrons. The summed E-state index contributed by atoms with van der Waals surface area (Å²) in [5.41, 5.74) is 3.50. The lowest BCUT2D eigenvalue weighted by molar-refractivity contribution is 0.0697. The Hall–Kier alpha value is -3.02. The number of benzene rings is 1. The molecule has 0 aliphatic carbocycles. The molecular weight excluding hydrogens is 316 g/mol. The van der Waals surface area contributed by atoms with Gasteiger partial charge in [0.15, 0.2) is 5.82 Å². The maximum atomic E-state index is 11.1. The Balaban J connectivity index is 1.93. The van der Waals surface area contributed by atoms with Crippen molar-refractivity contribution in [2.45, 2.75) is 33.1 Å².